The third-order valence-corrected chi connectivity index (χ3v) is 6.54. The molecule has 5 rings (SSSR count). The van der Waals surface area contributed by atoms with Crippen molar-refractivity contribution in [3.8, 4) is 10.7 Å². The van der Waals surface area contributed by atoms with Gasteiger partial charge in [-0.2, -0.15) is 0 Å². The molecule has 1 aromatic carbocycles. The lowest BCUT2D eigenvalue weighted by Gasteiger charge is -2.32. The molecule has 30 heavy (non-hydrogen) atoms. The lowest BCUT2D eigenvalue weighted by Crippen LogP contribution is -2.32. The minimum absolute atomic E-state index is 0.190. The Balaban J connectivity index is 1.33. The number of hydrogen-bond donors (Lipinski definition) is 1. The van der Waals surface area contributed by atoms with Gasteiger partial charge in [0.2, 0.25) is 0 Å². The molecule has 3 aromatic heterocycles. The second-order valence-electron chi connectivity index (χ2n) is 7.67. The van der Waals surface area contributed by atoms with Crippen molar-refractivity contribution in [2.24, 2.45) is 5.92 Å². The van der Waals surface area contributed by atoms with Gasteiger partial charge in [0, 0.05) is 24.8 Å². The summed E-state index contributed by atoms with van der Waals surface area (Å²) in [4.78, 5) is 19.7. The maximum atomic E-state index is 12.4. The van der Waals surface area contributed by atoms with Gasteiger partial charge in [0.25, 0.3) is 5.91 Å². The van der Waals surface area contributed by atoms with E-state index >= 15 is 0 Å². The van der Waals surface area contributed by atoms with E-state index in [0.717, 1.165) is 35.7 Å². The molecule has 1 amide bonds. The van der Waals surface area contributed by atoms with Crippen molar-refractivity contribution >= 4 is 33.9 Å². The highest BCUT2D eigenvalue weighted by molar-refractivity contribution is 7.17. The van der Waals surface area contributed by atoms with E-state index in [9.17, 15) is 4.79 Å². The zero-order valence-electron chi connectivity index (χ0n) is 16.6. The number of furan rings is 1. The molecule has 1 saturated heterocycles. The van der Waals surface area contributed by atoms with E-state index < -0.39 is 0 Å². The Labute approximate surface area is 177 Å². The molecule has 0 saturated carbocycles. The second-order valence-corrected chi connectivity index (χ2v) is 8.70. The lowest BCUT2D eigenvalue weighted by molar-refractivity contribution is 0.0952. The van der Waals surface area contributed by atoms with Crippen molar-refractivity contribution in [3.05, 3.63) is 53.4 Å². The van der Waals surface area contributed by atoms with Crippen LogP contribution in [0, 0.1) is 5.92 Å². The van der Waals surface area contributed by atoms with E-state index in [1.807, 2.05) is 18.2 Å². The molecule has 154 valence electrons. The van der Waals surface area contributed by atoms with Crippen LogP contribution in [0.4, 0.5) is 5.69 Å². The van der Waals surface area contributed by atoms with Crippen LogP contribution in [0.15, 0.2) is 51.7 Å². The van der Waals surface area contributed by atoms with E-state index in [2.05, 4.69) is 33.3 Å². The first-order valence-electron chi connectivity index (χ1n) is 10.1. The quantitative estimate of drug-likeness (QED) is 0.501. The predicted molar refractivity (Wildman–Crippen MR) is 116 cm³/mol. The van der Waals surface area contributed by atoms with Crippen LogP contribution in [0.1, 0.15) is 35.2 Å². The number of amides is 1. The molecule has 0 atom stereocenters. The Bertz CT molecular complexity index is 1160. The summed E-state index contributed by atoms with van der Waals surface area (Å²) in [6.45, 7) is 4.78. The van der Waals surface area contributed by atoms with Gasteiger partial charge < -0.3 is 19.2 Å². The largest absolute Gasteiger partial charge is 0.467 e. The van der Waals surface area contributed by atoms with Crippen LogP contribution in [-0.4, -0.2) is 29.1 Å². The molecule has 1 aliphatic rings. The fraction of sp³-hybridized carbons (Fsp3) is 0.318. The summed E-state index contributed by atoms with van der Waals surface area (Å²) in [7, 11) is 0. The lowest BCUT2D eigenvalue weighted by atomic mass is 9.99. The molecule has 0 radical (unpaired) electrons. The highest BCUT2D eigenvalue weighted by Gasteiger charge is 2.20. The summed E-state index contributed by atoms with van der Waals surface area (Å²) in [5.74, 6) is 1.30. The Morgan fingerprint density at radius 1 is 1.30 bits per heavy atom. The van der Waals surface area contributed by atoms with Crippen molar-refractivity contribution in [1.29, 1.82) is 0 Å². The molecular weight excluding hydrogens is 400 g/mol. The molecule has 0 bridgehead atoms. The van der Waals surface area contributed by atoms with Crippen LogP contribution >= 0.6 is 11.3 Å². The molecule has 8 heteroatoms. The van der Waals surface area contributed by atoms with Gasteiger partial charge in [0.05, 0.1) is 24.4 Å². The number of thiazole rings is 1. The Hall–Kier alpha value is -3.13. The van der Waals surface area contributed by atoms with Crippen molar-refractivity contribution in [3.63, 3.8) is 0 Å². The number of carbonyl (C=O) groups excluding carboxylic acids is 1. The number of anilines is 1. The van der Waals surface area contributed by atoms with Crippen LogP contribution in [0.25, 0.3) is 21.7 Å². The predicted octanol–water partition coefficient (Wildman–Crippen LogP) is 4.71. The summed E-state index contributed by atoms with van der Waals surface area (Å²) in [6, 6.07) is 9.81. The molecule has 4 heterocycles. The van der Waals surface area contributed by atoms with Gasteiger partial charge >= 0.3 is 0 Å². The van der Waals surface area contributed by atoms with Gasteiger partial charge in [0.1, 0.15) is 21.3 Å². The van der Waals surface area contributed by atoms with Crippen molar-refractivity contribution in [2.75, 3.05) is 18.0 Å². The van der Waals surface area contributed by atoms with Crippen molar-refractivity contribution < 1.29 is 13.7 Å². The number of nitrogens with zero attached hydrogens (tertiary/aromatic N) is 3. The van der Waals surface area contributed by atoms with Gasteiger partial charge in [-0.05, 0) is 43.0 Å². The van der Waals surface area contributed by atoms with E-state index in [1.54, 1.807) is 18.5 Å². The van der Waals surface area contributed by atoms with Gasteiger partial charge in [-0.15, -0.1) is 11.3 Å². The molecule has 0 aliphatic carbocycles. The first-order valence-corrected chi connectivity index (χ1v) is 10.9. The van der Waals surface area contributed by atoms with Gasteiger partial charge in [-0.3, -0.25) is 4.79 Å². The molecule has 0 spiro atoms. The topological polar surface area (TPSA) is 84.4 Å². The summed E-state index contributed by atoms with van der Waals surface area (Å²) in [5.41, 5.74) is 2.56. The summed E-state index contributed by atoms with van der Waals surface area (Å²) in [5, 5.41) is 8.63. The third kappa shape index (κ3) is 3.70. The van der Waals surface area contributed by atoms with E-state index in [-0.39, 0.29) is 5.91 Å². The van der Waals surface area contributed by atoms with Crippen LogP contribution in [0.5, 0.6) is 0 Å². The number of carbonyl (C=O) groups is 1. The zero-order chi connectivity index (χ0) is 20.5. The van der Waals surface area contributed by atoms with E-state index in [1.165, 1.54) is 24.2 Å². The Morgan fingerprint density at radius 3 is 2.97 bits per heavy atom. The maximum Gasteiger partial charge on any atom is 0.263 e. The average Bonchev–Trinajstić information content (AvgIpc) is 3.52. The molecule has 0 unspecified atom stereocenters. The summed E-state index contributed by atoms with van der Waals surface area (Å²) < 4.78 is 10.8. The first kappa shape index (κ1) is 18.9. The number of piperidine rings is 1. The number of benzene rings is 1. The number of hydrogen-bond acceptors (Lipinski definition) is 7. The molecule has 1 N–H and O–H groups in total. The first-order chi connectivity index (χ1) is 14.7. The normalized spacial score (nSPS) is 15.0. The SMILES string of the molecule is CC1CCN(c2ccc3c(-c4ncc(C(=O)NCc5ccco5)s4)noc3c2)CC1. The Kier molecular flexibility index (Phi) is 5.00. The van der Waals surface area contributed by atoms with Crippen LogP contribution < -0.4 is 10.2 Å². The van der Waals surface area contributed by atoms with E-state index in [4.69, 9.17) is 8.94 Å². The molecular formula is C22H22N4O3S. The maximum absolute atomic E-state index is 12.4. The number of nitrogens with one attached hydrogen (secondary N) is 1. The molecule has 1 fully saturated rings. The fourth-order valence-electron chi connectivity index (χ4n) is 3.70. The highest BCUT2D eigenvalue weighted by atomic mass is 32.1. The summed E-state index contributed by atoms with van der Waals surface area (Å²) >= 11 is 1.30. The number of fused-ring (bicyclic) bond motifs is 1. The minimum atomic E-state index is -0.190. The second kappa shape index (κ2) is 7.95. The van der Waals surface area contributed by atoms with Gasteiger partial charge in [0.15, 0.2) is 5.58 Å². The Morgan fingerprint density at radius 2 is 2.17 bits per heavy atom. The molecule has 1 aliphatic heterocycles. The third-order valence-electron chi connectivity index (χ3n) is 5.54. The number of rotatable bonds is 5. The standard InChI is InChI=1S/C22H22N4O3S/c1-14-6-8-26(9-7-14)15-4-5-17-18(11-15)29-25-20(17)22-24-13-19(30-22)21(27)23-12-16-3-2-10-28-16/h2-5,10-11,13-14H,6-9,12H2,1H3,(H,23,27). The molecule has 7 nitrogen and oxygen atoms in total. The fourth-order valence-corrected chi connectivity index (χ4v) is 4.53. The van der Waals surface area contributed by atoms with E-state index in [0.29, 0.717) is 27.9 Å². The highest BCUT2D eigenvalue weighted by Crippen LogP contribution is 2.34. The monoisotopic (exact) mass is 422 g/mol. The number of aromatic nitrogens is 2. The van der Waals surface area contributed by atoms with Crippen molar-refractivity contribution in [2.45, 2.75) is 26.3 Å². The smallest absolute Gasteiger partial charge is 0.263 e. The van der Waals surface area contributed by atoms with Crippen LogP contribution in [-0.2, 0) is 6.54 Å². The van der Waals surface area contributed by atoms with Crippen molar-refractivity contribution in [1.82, 2.24) is 15.5 Å². The average molecular weight is 423 g/mol. The van der Waals surface area contributed by atoms with Crippen LogP contribution in [0.2, 0.25) is 0 Å². The molecule has 4 aromatic rings. The van der Waals surface area contributed by atoms with Gasteiger partial charge in [-0.1, -0.05) is 12.1 Å². The summed E-state index contributed by atoms with van der Waals surface area (Å²) in [6.07, 6.45) is 5.58. The zero-order valence-corrected chi connectivity index (χ0v) is 17.4. The van der Waals surface area contributed by atoms with Crippen LogP contribution in [0.3, 0.4) is 0 Å². The van der Waals surface area contributed by atoms with Gasteiger partial charge in [-0.25, -0.2) is 4.98 Å². The minimum Gasteiger partial charge on any atom is -0.467 e.